The van der Waals surface area contributed by atoms with E-state index in [0.29, 0.717) is 42.2 Å². The van der Waals surface area contributed by atoms with Crippen LogP contribution >= 0.6 is 7.14 Å². The Morgan fingerprint density at radius 1 is 0.652 bits per heavy atom. The summed E-state index contributed by atoms with van der Waals surface area (Å²) < 4.78 is 34.4. The van der Waals surface area contributed by atoms with Gasteiger partial charge in [0.05, 0.1) is 60.7 Å². The van der Waals surface area contributed by atoms with Crippen LogP contribution in [0.4, 0.5) is 17.1 Å². The van der Waals surface area contributed by atoms with Crippen LogP contribution < -0.4 is 35.5 Å². The molecule has 0 spiro atoms. The monoisotopic (exact) mass is 633 g/mol. The Labute approximate surface area is 272 Å². The van der Waals surface area contributed by atoms with Crippen LogP contribution in [0, 0.1) is 37.0 Å². The molecule has 3 aliphatic rings. The summed E-state index contributed by atoms with van der Waals surface area (Å²) in [6.07, 6.45) is 23.1. The van der Waals surface area contributed by atoms with E-state index in [4.69, 9.17) is 33.5 Å². The SMILES string of the molecule is C#CCNc1ccc(C(c2ccc(NCC#C)c(OC3CC3)c2)P(C)(=O)c2ccc(NCC#C)c(OC3CC3)c2)cc1OC1CC1. The Hall–Kier alpha value is -4.63. The van der Waals surface area contributed by atoms with E-state index >= 15 is 4.57 Å². The third kappa shape index (κ3) is 7.59. The maximum absolute atomic E-state index is 15.4. The van der Waals surface area contributed by atoms with Crippen molar-refractivity contribution in [2.45, 2.75) is 62.5 Å². The molecular formula is C38H40N3O4P. The highest BCUT2D eigenvalue weighted by Crippen LogP contribution is 2.60. The van der Waals surface area contributed by atoms with E-state index in [0.717, 1.165) is 66.7 Å². The topological polar surface area (TPSA) is 80.9 Å². The number of rotatable bonds is 16. The van der Waals surface area contributed by atoms with Gasteiger partial charge in [-0.3, -0.25) is 0 Å². The van der Waals surface area contributed by atoms with Crippen LogP contribution in [0.3, 0.4) is 0 Å². The van der Waals surface area contributed by atoms with Crippen molar-refractivity contribution in [3.8, 4) is 54.3 Å². The summed E-state index contributed by atoms with van der Waals surface area (Å²) in [7, 11) is -3.21. The molecule has 46 heavy (non-hydrogen) atoms. The van der Waals surface area contributed by atoms with Crippen molar-refractivity contribution in [2.75, 3.05) is 42.2 Å². The van der Waals surface area contributed by atoms with Gasteiger partial charge < -0.3 is 34.7 Å². The molecule has 1 unspecified atom stereocenters. The lowest BCUT2D eigenvalue weighted by Crippen LogP contribution is -2.15. The van der Waals surface area contributed by atoms with Gasteiger partial charge in [0.15, 0.2) is 0 Å². The molecule has 0 saturated heterocycles. The van der Waals surface area contributed by atoms with E-state index < -0.39 is 12.8 Å². The van der Waals surface area contributed by atoms with Gasteiger partial charge >= 0.3 is 0 Å². The van der Waals surface area contributed by atoms with E-state index in [1.807, 2.05) is 61.3 Å². The molecule has 7 nitrogen and oxygen atoms in total. The largest absolute Gasteiger partial charge is 0.488 e. The number of hydrogen-bond donors (Lipinski definition) is 3. The summed E-state index contributed by atoms with van der Waals surface area (Å²) in [6, 6.07) is 17.7. The number of anilines is 3. The van der Waals surface area contributed by atoms with Gasteiger partial charge in [0, 0.05) is 5.30 Å². The third-order valence-corrected chi connectivity index (χ3v) is 11.1. The first-order chi connectivity index (χ1) is 22.4. The van der Waals surface area contributed by atoms with Gasteiger partial charge in [-0.15, -0.1) is 19.3 Å². The zero-order valence-electron chi connectivity index (χ0n) is 26.2. The van der Waals surface area contributed by atoms with Crippen LogP contribution in [0.1, 0.15) is 55.3 Å². The molecule has 3 saturated carbocycles. The van der Waals surface area contributed by atoms with Crippen molar-refractivity contribution < 1.29 is 18.8 Å². The molecule has 6 rings (SSSR count). The summed E-state index contributed by atoms with van der Waals surface area (Å²) >= 11 is 0. The van der Waals surface area contributed by atoms with Gasteiger partial charge in [-0.1, -0.05) is 29.9 Å². The number of terminal acetylenes is 3. The van der Waals surface area contributed by atoms with Crippen molar-refractivity contribution >= 4 is 29.5 Å². The minimum Gasteiger partial charge on any atom is -0.488 e. The molecule has 0 radical (unpaired) electrons. The predicted molar refractivity (Wildman–Crippen MR) is 187 cm³/mol. The number of hydrogen-bond acceptors (Lipinski definition) is 7. The average molecular weight is 634 g/mol. The molecule has 3 aliphatic carbocycles. The smallest absolute Gasteiger partial charge is 0.143 e. The Kier molecular flexibility index (Phi) is 9.40. The van der Waals surface area contributed by atoms with Gasteiger partial charge in [0.25, 0.3) is 0 Å². The van der Waals surface area contributed by atoms with Gasteiger partial charge in [-0.05, 0) is 98.8 Å². The molecule has 0 amide bonds. The lowest BCUT2D eigenvalue weighted by molar-refractivity contribution is 0.304. The fourth-order valence-corrected chi connectivity index (χ4v) is 7.88. The van der Waals surface area contributed by atoms with Crippen LogP contribution in [-0.4, -0.2) is 44.6 Å². The number of nitrogens with one attached hydrogen (secondary N) is 3. The molecule has 0 heterocycles. The Balaban J connectivity index is 1.46. The van der Waals surface area contributed by atoms with Crippen LogP contribution in [0.2, 0.25) is 0 Å². The zero-order valence-corrected chi connectivity index (χ0v) is 27.1. The van der Waals surface area contributed by atoms with Crippen molar-refractivity contribution in [1.82, 2.24) is 0 Å². The molecule has 3 N–H and O–H groups in total. The average Bonchev–Trinajstić information content (AvgIpc) is 3.88. The zero-order chi connectivity index (χ0) is 32.1. The fraction of sp³-hybridized carbons (Fsp3) is 0.368. The third-order valence-electron chi connectivity index (χ3n) is 8.21. The predicted octanol–water partition coefficient (Wildman–Crippen LogP) is 6.85. The molecule has 3 aromatic carbocycles. The van der Waals surface area contributed by atoms with Gasteiger partial charge in [-0.2, -0.15) is 0 Å². The lowest BCUT2D eigenvalue weighted by atomic mass is 10.0. The highest BCUT2D eigenvalue weighted by atomic mass is 31.2. The molecule has 8 heteroatoms. The second kappa shape index (κ2) is 13.8. The number of ether oxygens (including phenoxy) is 3. The summed E-state index contributed by atoms with van der Waals surface area (Å²) in [5.74, 6) is 9.96. The van der Waals surface area contributed by atoms with Crippen LogP contribution in [0.25, 0.3) is 0 Å². The first-order valence-corrected chi connectivity index (χ1v) is 18.1. The highest BCUT2D eigenvalue weighted by molar-refractivity contribution is 7.71. The molecule has 3 aromatic rings. The van der Waals surface area contributed by atoms with Gasteiger partial charge in [-0.25, -0.2) is 0 Å². The summed E-state index contributed by atoms with van der Waals surface area (Å²) in [5.41, 5.74) is 3.64. The Morgan fingerprint density at radius 2 is 1.02 bits per heavy atom. The summed E-state index contributed by atoms with van der Waals surface area (Å²) in [4.78, 5) is 0. The van der Waals surface area contributed by atoms with E-state index in [1.54, 1.807) is 0 Å². The Bertz CT molecular complexity index is 1680. The van der Waals surface area contributed by atoms with Crippen molar-refractivity contribution in [3.63, 3.8) is 0 Å². The molecule has 0 bridgehead atoms. The maximum Gasteiger partial charge on any atom is 0.143 e. The second-order valence-corrected chi connectivity index (χ2v) is 15.2. The van der Waals surface area contributed by atoms with Crippen LogP contribution in [-0.2, 0) is 4.57 Å². The molecule has 236 valence electrons. The second-order valence-electron chi connectivity index (χ2n) is 12.2. The normalized spacial score (nSPS) is 16.7. The minimum atomic E-state index is -3.21. The van der Waals surface area contributed by atoms with E-state index in [9.17, 15) is 0 Å². The quantitative estimate of drug-likeness (QED) is 0.118. The minimum absolute atomic E-state index is 0.157. The lowest BCUT2D eigenvalue weighted by Gasteiger charge is -2.28. The highest BCUT2D eigenvalue weighted by Gasteiger charge is 2.36. The first-order valence-electron chi connectivity index (χ1n) is 15.9. The first kappa shape index (κ1) is 31.4. The van der Waals surface area contributed by atoms with E-state index in [-0.39, 0.29) is 18.3 Å². The Morgan fingerprint density at radius 3 is 1.39 bits per heavy atom. The fourth-order valence-electron chi connectivity index (χ4n) is 5.38. The van der Waals surface area contributed by atoms with Crippen LogP contribution in [0.5, 0.6) is 17.2 Å². The molecule has 3 fully saturated rings. The van der Waals surface area contributed by atoms with Gasteiger partial charge in [0.2, 0.25) is 0 Å². The molecule has 1 atom stereocenters. The standard InChI is InChI=1S/C38H40N3O4P/c1-5-20-39-32-17-8-26(23-35(32)43-28-10-11-28)38(27-9-18-33(40-21-6-2)36(24-27)44-29-12-13-29)46(4,42)31-16-19-34(41-22-7-3)37(25-31)45-30-14-15-30/h1-3,8-9,16-19,23-25,28-30,38-41H,10-15,20-22H2,4H3. The van der Waals surface area contributed by atoms with Crippen LogP contribution in [0.15, 0.2) is 54.6 Å². The summed E-state index contributed by atoms with van der Waals surface area (Å²) in [5, 5.41) is 10.5. The molecular weight excluding hydrogens is 593 g/mol. The summed E-state index contributed by atoms with van der Waals surface area (Å²) in [6.45, 7) is 2.95. The maximum atomic E-state index is 15.4. The molecule has 0 aliphatic heterocycles. The van der Waals surface area contributed by atoms with E-state index in [2.05, 4.69) is 33.7 Å². The van der Waals surface area contributed by atoms with Crippen molar-refractivity contribution in [3.05, 3.63) is 65.7 Å². The van der Waals surface area contributed by atoms with E-state index in [1.165, 1.54) is 0 Å². The van der Waals surface area contributed by atoms with Gasteiger partial charge in [0.1, 0.15) is 24.4 Å². The number of benzene rings is 3. The van der Waals surface area contributed by atoms with Crippen molar-refractivity contribution in [1.29, 1.82) is 0 Å². The molecule has 0 aromatic heterocycles. The van der Waals surface area contributed by atoms with Crippen molar-refractivity contribution in [2.24, 2.45) is 0 Å².